The highest BCUT2D eigenvalue weighted by Crippen LogP contribution is 2.26. The van der Waals surface area contributed by atoms with Gasteiger partial charge in [-0.25, -0.2) is 4.79 Å². The fourth-order valence-electron chi connectivity index (χ4n) is 3.10. The van der Waals surface area contributed by atoms with Crippen LogP contribution in [0.5, 0.6) is 0 Å². The molecular weight excluding hydrogens is 278 g/mol. The summed E-state index contributed by atoms with van der Waals surface area (Å²) in [5, 5.41) is 8.99. The molecule has 0 aromatic heterocycles. The number of carbonyl (C=O) groups is 2. The van der Waals surface area contributed by atoms with Crippen LogP contribution in [0.25, 0.3) is 0 Å². The van der Waals surface area contributed by atoms with Crippen molar-refractivity contribution in [2.45, 2.75) is 44.9 Å². The number of carbonyl (C=O) groups excluding carboxylic acids is 1. The summed E-state index contributed by atoms with van der Waals surface area (Å²) in [7, 11) is 1.84. The Morgan fingerprint density at radius 3 is 2.64 bits per heavy atom. The molecule has 22 heavy (non-hydrogen) atoms. The Labute approximate surface area is 132 Å². The average Bonchev–Trinajstić information content (AvgIpc) is 2.53. The van der Waals surface area contributed by atoms with Gasteiger partial charge < -0.3 is 10.0 Å². The number of amides is 1. The fourth-order valence-corrected chi connectivity index (χ4v) is 3.10. The molecule has 1 aromatic rings. The lowest BCUT2D eigenvalue weighted by Gasteiger charge is -2.24. The quantitative estimate of drug-likeness (QED) is 0.876. The van der Waals surface area contributed by atoms with Crippen LogP contribution >= 0.6 is 0 Å². The highest BCUT2D eigenvalue weighted by molar-refractivity contribution is 5.88. The Morgan fingerprint density at radius 1 is 1.23 bits per heavy atom. The summed E-state index contributed by atoms with van der Waals surface area (Å²) in [6, 6.07) is 6.62. The zero-order chi connectivity index (χ0) is 15.9. The van der Waals surface area contributed by atoms with Gasteiger partial charge in [-0.1, -0.05) is 44.2 Å². The molecule has 1 fully saturated rings. The van der Waals surface area contributed by atoms with E-state index in [0.29, 0.717) is 0 Å². The highest BCUT2D eigenvalue weighted by Gasteiger charge is 2.16. The summed E-state index contributed by atoms with van der Waals surface area (Å²) in [5.74, 6) is -0.141. The van der Waals surface area contributed by atoms with Crippen molar-refractivity contribution >= 4 is 11.9 Å². The second kappa shape index (κ2) is 7.97. The number of aromatic carboxylic acids is 1. The van der Waals surface area contributed by atoms with Gasteiger partial charge >= 0.3 is 5.97 Å². The van der Waals surface area contributed by atoms with Crippen LogP contribution in [0.2, 0.25) is 0 Å². The van der Waals surface area contributed by atoms with Crippen molar-refractivity contribution < 1.29 is 14.7 Å². The van der Waals surface area contributed by atoms with Gasteiger partial charge in [-0.2, -0.15) is 0 Å². The van der Waals surface area contributed by atoms with E-state index in [2.05, 4.69) is 0 Å². The van der Waals surface area contributed by atoms with Gasteiger partial charge in [0.05, 0.1) is 12.0 Å². The summed E-state index contributed by atoms with van der Waals surface area (Å²) in [5.41, 5.74) is 0.990. The molecule has 1 saturated carbocycles. The summed E-state index contributed by atoms with van der Waals surface area (Å²) in [6.07, 6.45) is 7.94. The van der Waals surface area contributed by atoms with Crippen LogP contribution in [0.15, 0.2) is 24.3 Å². The first-order valence-electron chi connectivity index (χ1n) is 8.12. The standard InChI is InChI=1S/C18H25NO3/c1-19(11-10-14-6-3-2-4-7-14)17(20)13-15-8-5-9-16(12-15)18(21)22/h5,8-9,12,14H,2-4,6-7,10-11,13H2,1H3,(H,21,22). The van der Waals surface area contributed by atoms with Gasteiger partial charge in [0.25, 0.3) is 0 Å². The molecule has 0 heterocycles. The fraction of sp³-hybridized carbons (Fsp3) is 0.556. The molecule has 1 aliphatic rings. The molecule has 0 unspecified atom stereocenters. The van der Waals surface area contributed by atoms with Gasteiger partial charge in [0, 0.05) is 13.6 Å². The second-order valence-electron chi connectivity index (χ2n) is 6.29. The molecule has 1 aromatic carbocycles. The molecule has 0 aliphatic heterocycles. The van der Waals surface area contributed by atoms with E-state index in [1.165, 1.54) is 32.1 Å². The lowest BCUT2D eigenvalue weighted by molar-refractivity contribution is -0.129. The van der Waals surface area contributed by atoms with Crippen molar-refractivity contribution in [3.05, 3.63) is 35.4 Å². The van der Waals surface area contributed by atoms with E-state index >= 15 is 0 Å². The largest absolute Gasteiger partial charge is 0.478 e. The van der Waals surface area contributed by atoms with E-state index in [4.69, 9.17) is 5.11 Å². The summed E-state index contributed by atoms with van der Waals surface area (Å²) >= 11 is 0. The summed E-state index contributed by atoms with van der Waals surface area (Å²) in [6.45, 7) is 0.794. The maximum absolute atomic E-state index is 12.2. The molecule has 4 nitrogen and oxygen atoms in total. The third kappa shape index (κ3) is 4.86. The Hall–Kier alpha value is -1.84. The lowest BCUT2D eigenvalue weighted by Crippen LogP contribution is -2.30. The van der Waals surface area contributed by atoms with Gasteiger partial charge in [-0.05, 0) is 30.0 Å². The predicted octanol–water partition coefficient (Wildman–Crippen LogP) is 3.36. The van der Waals surface area contributed by atoms with E-state index < -0.39 is 5.97 Å². The Balaban J connectivity index is 1.82. The lowest BCUT2D eigenvalue weighted by atomic mass is 9.87. The van der Waals surface area contributed by atoms with Crippen molar-refractivity contribution in [2.24, 2.45) is 5.92 Å². The Morgan fingerprint density at radius 2 is 1.95 bits per heavy atom. The number of likely N-dealkylation sites (N-methyl/N-ethyl adjacent to an activating group) is 1. The zero-order valence-electron chi connectivity index (χ0n) is 13.3. The third-order valence-electron chi connectivity index (χ3n) is 4.55. The number of benzene rings is 1. The molecule has 2 rings (SSSR count). The van der Waals surface area contributed by atoms with Crippen molar-refractivity contribution in [2.75, 3.05) is 13.6 Å². The average molecular weight is 303 g/mol. The van der Waals surface area contributed by atoms with E-state index in [1.807, 2.05) is 7.05 Å². The number of hydrogen-bond acceptors (Lipinski definition) is 2. The van der Waals surface area contributed by atoms with Crippen LogP contribution in [0.3, 0.4) is 0 Å². The first-order chi connectivity index (χ1) is 10.6. The summed E-state index contributed by atoms with van der Waals surface area (Å²) < 4.78 is 0. The predicted molar refractivity (Wildman–Crippen MR) is 85.9 cm³/mol. The molecule has 4 heteroatoms. The normalized spacial score (nSPS) is 15.5. The second-order valence-corrected chi connectivity index (χ2v) is 6.29. The van der Waals surface area contributed by atoms with E-state index in [9.17, 15) is 9.59 Å². The van der Waals surface area contributed by atoms with E-state index in [-0.39, 0.29) is 17.9 Å². The maximum Gasteiger partial charge on any atom is 0.335 e. The van der Waals surface area contributed by atoms with Gasteiger partial charge in [0.15, 0.2) is 0 Å². The molecule has 1 amide bonds. The molecular formula is C18H25NO3. The molecule has 0 saturated heterocycles. The molecule has 1 aliphatic carbocycles. The summed E-state index contributed by atoms with van der Waals surface area (Å²) in [4.78, 5) is 25.0. The number of carboxylic acid groups (broad SMARTS) is 1. The molecule has 0 radical (unpaired) electrons. The maximum atomic E-state index is 12.2. The smallest absolute Gasteiger partial charge is 0.335 e. The first-order valence-corrected chi connectivity index (χ1v) is 8.12. The Kier molecular flexibility index (Phi) is 5.99. The SMILES string of the molecule is CN(CCC1CCCCC1)C(=O)Cc1cccc(C(=O)O)c1. The van der Waals surface area contributed by atoms with Crippen LogP contribution in [-0.4, -0.2) is 35.5 Å². The number of hydrogen-bond donors (Lipinski definition) is 1. The molecule has 0 bridgehead atoms. The number of nitrogens with zero attached hydrogens (tertiary/aromatic N) is 1. The number of rotatable bonds is 6. The van der Waals surface area contributed by atoms with Crippen molar-refractivity contribution in [1.82, 2.24) is 4.90 Å². The monoisotopic (exact) mass is 303 g/mol. The minimum atomic E-state index is -0.958. The third-order valence-corrected chi connectivity index (χ3v) is 4.55. The van der Waals surface area contributed by atoms with Crippen LogP contribution in [0.1, 0.15) is 54.4 Å². The van der Waals surface area contributed by atoms with E-state index in [0.717, 1.165) is 24.4 Å². The van der Waals surface area contributed by atoms with Crippen molar-refractivity contribution in [1.29, 1.82) is 0 Å². The first kappa shape index (κ1) is 16.5. The van der Waals surface area contributed by atoms with Crippen LogP contribution in [-0.2, 0) is 11.2 Å². The van der Waals surface area contributed by atoms with Crippen LogP contribution in [0.4, 0.5) is 0 Å². The van der Waals surface area contributed by atoms with Crippen molar-refractivity contribution in [3.8, 4) is 0 Å². The molecule has 1 N–H and O–H groups in total. The van der Waals surface area contributed by atoms with Gasteiger partial charge in [0.2, 0.25) is 5.91 Å². The zero-order valence-corrected chi connectivity index (χ0v) is 13.3. The topological polar surface area (TPSA) is 57.6 Å². The highest BCUT2D eigenvalue weighted by atomic mass is 16.4. The van der Waals surface area contributed by atoms with Gasteiger partial charge in [-0.15, -0.1) is 0 Å². The van der Waals surface area contributed by atoms with Crippen LogP contribution < -0.4 is 0 Å². The minimum absolute atomic E-state index is 0.0540. The number of carboxylic acids is 1. The molecule has 0 spiro atoms. The minimum Gasteiger partial charge on any atom is -0.478 e. The van der Waals surface area contributed by atoms with Gasteiger partial charge in [0.1, 0.15) is 0 Å². The van der Waals surface area contributed by atoms with E-state index in [1.54, 1.807) is 29.2 Å². The van der Waals surface area contributed by atoms with Gasteiger partial charge in [-0.3, -0.25) is 4.79 Å². The molecule has 0 atom stereocenters. The van der Waals surface area contributed by atoms with Crippen LogP contribution in [0, 0.1) is 5.92 Å². The molecule has 120 valence electrons. The Bertz CT molecular complexity index is 521. The van der Waals surface area contributed by atoms with Crippen molar-refractivity contribution in [3.63, 3.8) is 0 Å².